The molecule has 0 N–H and O–H groups in total. The van der Waals surface area contributed by atoms with Crippen molar-refractivity contribution in [1.29, 1.82) is 0 Å². The van der Waals surface area contributed by atoms with Crippen molar-refractivity contribution in [2.45, 2.75) is 160 Å². The van der Waals surface area contributed by atoms with Crippen LogP contribution in [0.25, 0.3) is 0 Å². The first-order valence-corrected chi connectivity index (χ1v) is 17.3. The average molecular weight is 519 g/mol. The van der Waals surface area contributed by atoms with Crippen molar-refractivity contribution in [3.05, 3.63) is 0 Å². The van der Waals surface area contributed by atoms with E-state index >= 15 is 0 Å². The van der Waals surface area contributed by atoms with E-state index in [0.717, 1.165) is 31.7 Å². The summed E-state index contributed by atoms with van der Waals surface area (Å²) in [4.78, 5) is 0. The van der Waals surface area contributed by atoms with E-state index in [-0.39, 0.29) is 11.9 Å². The number of halogens is 1. The molecule has 3 nitrogen and oxygen atoms in total. The van der Waals surface area contributed by atoms with Crippen LogP contribution in [0.1, 0.15) is 149 Å². The Bertz CT molecular complexity index is 437. The summed E-state index contributed by atoms with van der Waals surface area (Å²) in [6.45, 7) is 6.64. The number of hydrogen-bond acceptors (Lipinski definition) is 3. The number of rotatable bonds is 21. The zero-order valence-corrected chi connectivity index (χ0v) is 25.7. The van der Waals surface area contributed by atoms with Crippen molar-refractivity contribution < 1.29 is 18.0 Å². The molecule has 0 bridgehead atoms. The fourth-order valence-electron chi connectivity index (χ4n) is 6.11. The van der Waals surface area contributed by atoms with Gasteiger partial charge in [-0.1, -0.05) is 124 Å². The maximum absolute atomic E-state index is 11.7. The Morgan fingerprint density at radius 3 is 1.60 bits per heavy atom. The molecule has 1 heterocycles. The van der Waals surface area contributed by atoms with E-state index in [0.29, 0.717) is 5.92 Å². The molecule has 0 radical (unpaired) electrons. The number of hydrogen-bond donors (Lipinski definition) is 0. The van der Waals surface area contributed by atoms with Crippen molar-refractivity contribution in [2.24, 2.45) is 5.92 Å². The highest BCUT2D eigenvalue weighted by molar-refractivity contribution is 6.70. The van der Waals surface area contributed by atoms with Gasteiger partial charge in [0.05, 0.1) is 6.67 Å². The third-order valence-electron chi connectivity index (χ3n) is 8.15. The Labute approximate surface area is 220 Å². The van der Waals surface area contributed by atoms with E-state index in [2.05, 4.69) is 20.8 Å². The molecule has 5 heteroatoms. The van der Waals surface area contributed by atoms with Crippen molar-refractivity contribution in [1.82, 2.24) is 0 Å². The summed E-state index contributed by atoms with van der Waals surface area (Å²) in [7, 11) is 3.26. The van der Waals surface area contributed by atoms with E-state index in [1.165, 1.54) is 103 Å². The smallest absolute Gasteiger partial charge is 0.371 e. The number of unbranched alkanes of at least 4 members (excludes halogenated alkanes) is 13. The summed E-state index contributed by atoms with van der Waals surface area (Å²) < 4.78 is 30.0. The first-order valence-electron chi connectivity index (χ1n) is 15.3. The molecule has 212 valence electrons. The van der Waals surface area contributed by atoms with Crippen LogP contribution in [-0.2, 0) is 13.6 Å². The molecule has 35 heavy (non-hydrogen) atoms. The maximum atomic E-state index is 11.7. The van der Waals surface area contributed by atoms with Crippen LogP contribution in [0, 0.1) is 5.92 Å². The summed E-state index contributed by atoms with van der Waals surface area (Å²) >= 11 is 0. The highest BCUT2D eigenvalue weighted by Crippen LogP contribution is 2.48. The van der Waals surface area contributed by atoms with Crippen molar-refractivity contribution in [3.8, 4) is 0 Å². The minimum Gasteiger partial charge on any atom is -0.396 e. The monoisotopic (exact) mass is 518 g/mol. The fraction of sp³-hybridized carbons (Fsp3) is 1.00. The lowest BCUT2D eigenvalue weighted by Gasteiger charge is -2.52. The normalized spacial score (nSPS) is 21.5. The van der Waals surface area contributed by atoms with Crippen molar-refractivity contribution >= 4 is 8.56 Å². The molecule has 0 aromatic heterocycles. The molecular weight excluding hydrogens is 455 g/mol. The molecule has 2 unspecified atom stereocenters. The third kappa shape index (κ3) is 12.9. The quantitative estimate of drug-likeness (QED) is 0.112. The van der Waals surface area contributed by atoms with Crippen LogP contribution in [0.5, 0.6) is 0 Å². The van der Waals surface area contributed by atoms with Gasteiger partial charge < -0.3 is 13.6 Å². The van der Waals surface area contributed by atoms with Crippen LogP contribution in [0.2, 0.25) is 6.04 Å². The van der Waals surface area contributed by atoms with E-state index in [1.54, 1.807) is 0 Å². The van der Waals surface area contributed by atoms with Gasteiger partial charge in [0.2, 0.25) is 0 Å². The Morgan fingerprint density at radius 2 is 1.17 bits per heavy atom. The van der Waals surface area contributed by atoms with Gasteiger partial charge in [-0.3, -0.25) is 4.39 Å². The molecule has 1 aliphatic heterocycles. The van der Waals surface area contributed by atoms with Crippen LogP contribution in [0.4, 0.5) is 4.39 Å². The van der Waals surface area contributed by atoms with E-state index in [1.807, 2.05) is 21.3 Å². The Hall–Kier alpha value is 0.0269. The predicted molar refractivity (Wildman–Crippen MR) is 153 cm³/mol. The second-order valence-electron chi connectivity index (χ2n) is 10.7. The lowest BCUT2D eigenvalue weighted by atomic mass is 9.87. The zero-order valence-electron chi connectivity index (χ0n) is 24.7. The standard InChI is InChI=1S/C18H38O3Si.C12H25F/c1-6-8-9-10-11-13-17-14-12-16-22(20-4,21-5)18(17,19-3)15-7-2;1-2-3-4-5-6-7-8-9-10-11-12-13/h17H,6-16H2,1-5H3;2-12H2,1H3. The maximum Gasteiger partial charge on any atom is 0.371 e. The van der Waals surface area contributed by atoms with Gasteiger partial charge in [-0.25, -0.2) is 0 Å². The Kier molecular flexibility index (Phi) is 23.2. The lowest BCUT2D eigenvalue weighted by molar-refractivity contribution is -0.0567. The molecule has 2 atom stereocenters. The van der Waals surface area contributed by atoms with Gasteiger partial charge in [0.25, 0.3) is 0 Å². The SMILES string of the molecule is CCCCCCCC1CCC[Si](OC)(OC)C1(CCC)OC.CCCCCCCCCCCCF. The van der Waals surface area contributed by atoms with Gasteiger partial charge in [0.15, 0.2) is 0 Å². The molecule has 0 aromatic carbocycles. The molecule has 1 rings (SSSR count). The van der Waals surface area contributed by atoms with Gasteiger partial charge in [-0.2, -0.15) is 0 Å². The van der Waals surface area contributed by atoms with Crippen LogP contribution < -0.4 is 0 Å². The topological polar surface area (TPSA) is 27.7 Å². The van der Waals surface area contributed by atoms with E-state index < -0.39 is 8.56 Å². The zero-order chi connectivity index (χ0) is 26.3. The summed E-state index contributed by atoms with van der Waals surface area (Å²) in [6, 6.07) is 1.07. The van der Waals surface area contributed by atoms with Crippen LogP contribution >= 0.6 is 0 Å². The van der Waals surface area contributed by atoms with Crippen LogP contribution in [0.3, 0.4) is 0 Å². The minimum absolute atomic E-state index is 0.128. The second-order valence-corrected chi connectivity index (χ2v) is 14.3. The first-order chi connectivity index (χ1) is 17.1. The Balaban J connectivity index is 0.000000761. The van der Waals surface area contributed by atoms with E-state index in [4.69, 9.17) is 13.6 Å². The molecule has 1 fully saturated rings. The minimum atomic E-state index is -2.29. The van der Waals surface area contributed by atoms with Crippen molar-refractivity contribution in [2.75, 3.05) is 28.0 Å². The average Bonchev–Trinajstić information content (AvgIpc) is 2.88. The molecule has 1 aliphatic rings. The Morgan fingerprint density at radius 1 is 0.686 bits per heavy atom. The summed E-state index contributed by atoms with van der Waals surface area (Å²) in [5, 5.41) is -0.158. The number of alkyl halides is 1. The molecule has 0 saturated carbocycles. The number of ether oxygens (including phenoxy) is 1. The lowest BCUT2D eigenvalue weighted by Crippen LogP contribution is -2.68. The number of methoxy groups -OCH3 is 1. The summed E-state index contributed by atoms with van der Waals surface area (Å²) in [5.74, 6) is 0.597. The highest BCUT2D eigenvalue weighted by atomic mass is 28.4. The largest absolute Gasteiger partial charge is 0.396 e. The molecule has 0 aromatic rings. The van der Waals surface area contributed by atoms with Crippen LogP contribution in [0.15, 0.2) is 0 Å². The second kappa shape index (κ2) is 23.2. The third-order valence-corrected chi connectivity index (χ3v) is 12.6. The predicted octanol–water partition coefficient (Wildman–Crippen LogP) is 10.1. The molecular formula is C30H63FO3Si. The van der Waals surface area contributed by atoms with Gasteiger partial charge in [-0.15, -0.1) is 0 Å². The molecule has 0 spiro atoms. The molecule has 1 saturated heterocycles. The van der Waals surface area contributed by atoms with Gasteiger partial charge >= 0.3 is 8.56 Å². The highest BCUT2D eigenvalue weighted by Gasteiger charge is 2.62. The van der Waals surface area contributed by atoms with E-state index in [9.17, 15) is 4.39 Å². The van der Waals surface area contributed by atoms with Gasteiger partial charge in [-0.05, 0) is 37.6 Å². The van der Waals surface area contributed by atoms with Crippen LogP contribution in [-0.4, -0.2) is 41.8 Å². The first kappa shape index (κ1) is 35.0. The molecule has 0 aliphatic carbocycles. The summed E-state index contributed by atoms with van der Waals surface area (Å²) in [6.07, 6.45) is 25.3. The van der Waals surface area contributed by atoms with Gasteiger partial charge in [0, 0.05) is 21.3 Å². The van der Waals surface area contributed by atoms with Crippen molar-refractivity contribution in [3.63, 3.8) is 0 Å². The van der Waals surface area contributed by atoms with Gasteiger partial charge in [0.1, 0.15) is 5.22 Å². The summed E-state index contributed by atoms with van der Waals surface area (Å²) in [5.41, 5.74) is 0. The molecule has 0 amide bonds. The fourth-order valence-corrected chi connectivity index (χ4v) is 10.3.